The topological polar surface area (TPSA) is 86.8 Å². The first-order valence-electron chi connectivity index (χ1n) is 12.7. The van der Waals surface area contributed by atoms with Crippen LogP contribution in [0.25, 0.3) is 0 Å². The van der Waals surface area contributed by atoms with E-state index in [9.17, 15) is 18.0 Å². The number of rotatable bonds is 12. The summed E-state index contributed by atoms with van der Waals surface area (Å²) in [7, 11) is -3.96. The molecule has 3 aromatic carbocycles. The molecule has 3 rings (SSSR count). The van der Waals surface area contributed by atoms with Crippen LogP contribution in [0.2, 0.25) is 20.1 Å². The first-order valence-corrected chi connectivity index (χ1v) is 16.1. The Balaban J connectivity index is 2.10. The normalized spacial score (nSPS) is 12.2. The minimum Gasteiger partial charge on any atom is -0.354 e. The highest BCUT2D eigenvalue weighted by Gasteiger charge is 2.34. The predicted octanol–water partition coefficient (Wildman–Crippen LogP) is 6.48. The zero-order valence-corrected chi connectivity index (χ0v) is 26.6. The smallest absolute Gasteiger partial charge is 0.244 e. The molecule has 0 unspecified atom stereocenters. The Bertz CT molecular complexity index is 1470. The van der Waals surface area contributed by atoms with E-state index in [0.717, 1.165) is 16.1 Å². The first-order chi connectivity index (χ1) is 19.3. The standard InChI is InChI=1S/C29H31Cl4N3O4S/c1-19(2)16-34-29(38)27(14-20-8-5-4-6-9-20)35(17-22-23(30)10-7-11-24(22)31)28(37)18-36(41(3,39)40)21-12-13-25(32)26(33)15-21/h4-13,15,19,27H,14,16-18H2,1-3H3,(H,34,38)/t27-/m1/s1. The fraction of sp³-hybridized carbons (Fsp3) is 0.310. The van der Waals surface area contributed by atoms with Crippen LogP contribution in [0.15, 0.2) is 66.7 Å². The van der Waals surface area contributed by atoms with Crippen LogP contribution in [0, 0.1) is 5.92 Å². The molecule has 1 atom stereocenters. The van der Waals surface area contributed by atoms with Gasteiger partial charge in [0.1, 0.15) is 12.6 Å². The number of nitrogens with zero attached hydrogens (tertiary/aromatic N) is 2. The van der Waals surface area contributed by atoms with Gasteiger partial charge in [0, 0.05) is 35.1 Å². The molecule has 0 aliphatic carbocycles. The van der Waals surface area contributed by atoms with Crippen LogP contribution in [0.3, 0.4) is 0 Å². The second kappa shape index (κ2) is 14.6. The second-order valence-corrected chi connectivity index (χ2v) is 13.5. The third kappa shape index (κ3) is 9.25. The molecule has 3 aromatic rings. The van der Waals surface area contributed by atoms with Crippen molar-refractivity contribution in [2.75, 3.05) is 23.7 Å². The molecule has 0 heterocycles. The monoisotopic (exact) mass is 657 g/mol. The van der Waals surface area contributed by atoms with E-state index >= 15 is 0 Å². The molecule has 0 aromatic heterocycles. The van der Waals surface area contributed by atoms with Crippen molar-refractivity contribution >= 4 is 73.9 Å². The fourth-order valence-electron chi connectivity index (χ4n) is 4.08. The van der Waals surface area contributed by atoms with Crippen molar-refractivity contribution in [3.05, 3.63) is 97.9 Å². The predicted molar refractivity (Wildman–Crippen MR) is 167 cm³/mol. The molecule has 0 saturated heterocycles. The number of halogens is 4. The highest BCUT2D eigenvalue weighted by Crippen LogP contribution is 2.30. The van der Waals surface area contributed by atoms with E-state index in [1.54, 1.807) is 18.2 Å². The van der Waals surface area contributed by atoms with Crippen molar-refractivity contribution in [1.82, 2.24) is 10.2 Å². The first kappa shape index (κ1) is 33.0. The van der Waals surface area contributed by atoms with Gasteiger partial charge in [-0.25, -0.2) is 8.42 Å². The average Bonchev–Trinajstić information content (AvgIpc) is 2.90. The molecular formula is C29H31Cl4N3O4S. The van der Waals surface area contributed by atoms with Gasteiger partial charge in [-0.1, -0.05) is 96.6 Å². The van der Waals surface area contributed by atoms with Crippen LogP contribution >= 0.6 is 46.4 Å². The number of sulfonamides is 1. The van der Waals surface area contributed by atoms with Gasteiger partial charge in [0.25, 0.3) is 0 Å². The summed E-state index contributed by atoms with van der Waals surface area (Å²) < 4.78 is 26.7. The number of nitrogens with one attached hydrogen (secondary N) is 1. The Morgan fingerprint density at radius 2 is 1.49 bits per heavy atom. The summed E-state index contributed by atoms with van der Waals surface area (Å²) in [6, 6.07) is 17.4. The molecular weight excluding hydrogens is 628 g/mol. The molecule has 2 amide bonds. The lowest BCUT2D eigenvalue weighted by Gasteiger charge is -2.34. The minimum absolute atomic E-state index is 0.125. The molecule has 220 valence electrons. The summed E-state index contributed by atoms with van der Waals surface area (Å²) in [5.41, 5.74) is 1.39. The molecule has 0 aliphatic heterocycles. The van der Waals surface area contributed by atoms with Crippen molar-refractivity contribution in [1.29, 1.82) is 0 Å². The van der Waals surface area contributed by atoms with Crippen LogP contribution in [0.5, 0.6) is 0 Å². The van der Waals surface area contributed by atoms with E-state index in [2.05, 4.69) is 5.32 Å². The second-order valence-electron chi connectivity index (χ2n) is 9.93. The number of benzene rings is 3. The third-order valence-corrected chi connectivity index (χ3v) is 8.80. The van der Waals surface area contributed by atoms with Gasteiger partial charge in [-0.05, 0) is 41.8 Å². The Morgan fingerprint density at radius 3 is 2.05 bits per heavy atom. The van der Waals surface area contributed by atoms with E-state index in [0.29, 0.717) is 22.2 Å². The number of hydrogen-bond acceptors (Lipinski definition) is 4. The maximum atomic E-state index is 14.1. The van der Waals surface area contributed by atoms with Gasteiger partial charge in [-0.2, -0.15) is 0 Å². The average molecular weight is 659 g/mol. The number of carbonyl (C=O) groups is 2. The molecule has 41 heavy (non-hydrogen) atoms. The lowest BCUT2D eigenvalue weighted by molar-refractivity contribution is -0.140. The fourth-order valence-corrected chi connectivity index (χ4v) is 5.73. The highest BCUT2D eigenvalue weighted by atomic mass is 35.5. The number of anilines is 1. The van der Waals surface area contributed by atoms with E-state index in [1.807, 2.05) is 44.2 Å². The van der Waals surface area contributed by atoms with Crippen molar-refractivity contribution < 1.29 is 18.0 Å². The van der Waals surface area contributed by atoms with Crippen molar-refractivity contribution in [2.45, 2.75) is 32.9 Å². The molecule has 0 spiro atoms. The van der Waals surface area contributed by atoms with Gasteiger partial charge >= 0.3 is 0 Å². The maximum absolute atomic E-state index is 14.1. The number of carbonyl (C=O) groups excluding carboxylic acids is 2. The van der Waals surface area contributed by atoms with Crippen LogP contribution in [0.4, 0.5) is 5.69 Å². The SMILES string of the molecule is CC(C)CNC(=O)[C@@H](Cc1ccccc1)N(Cc1c(Cl)cccc1Cl)C(=O)CN(c1ccc(Cl)c(Cl)c1)S(C)(=O)=O. The van der Waals surface area contributed by atoms with Crippen molar-refractivity contribution in [3.8, 4) is 0 Å². The Morgan fingerprint density at radius 1 is 0.854 bits per heavy atom. The zero-order valence-electron chi connectivity index (χ0n) is 22.8. The van der Waals surface area contributed by atoms with Crippen LogP contribution in [0.1, 0.15) is 25.0 Å². The Kier molecular flexibility index (Phi) is 11.8. The van der Waals surface area contributed by atoms with Gasteiger partial charge in [0.15, 0.2) is 0 Å². The molecule has 0 fully saturated rings. The summed E-state index contributed by atoms with van der Waals surface area (Å²) in [5.74, 6) is -0.869. The van der Waals surface area contributed by atoms with Crippen LogP contribution in [-0.2, 0) is 32.6 Å². The van der Waals surface area contributed by atoms with E-state index in [-0.39, 0.29) is 40.5 Å². The maximum Gasteiger partial charge on any atom is 0.244 e. The molecule has 0 radical (unpaired) electrons. The van der Waals surface area contributed by atoms with Crippen LogP contribution < -0.4 is 9.62 Å². The molecule has 1 N–H and O–H groups in total. The Hall–Kier alpha value is -2.49. The number of amides is 2. The van der Waals surface area contributed by atoms with E-state index in [1.165, 1.54) is 23.1 Å². The molecule has 0 bridgehead atoms. The van der Waals surface area contributed by atoms with Crippen molar-refractivity contribution in [3.63, 3.8) is 0 Å². The van der Waals surface area contributed by atoms with E-state index < -0.39 is 28.5 Å². The molecule has 12 heteroatoms. The highest BCUT2D eigenvalue weighted by molar-refractivity contribution is 7.92. The Labute approximate surface area is 261 Å². The lowest BCUT2D eigenvalue weighted by Crippen LogP contribution is -2.53. The minimum atomic E-state index is -3.96. The quantitative estimate of drug-likeness (QED) is 0.241. The van der Waals surface area contributed by atoms with Gasteiger partial charge in [-0.3, -0.25) is 13.9 Å². The third-order valence-electron chi connectivity index (χ3n) is 6.22. The van der Waals surface area contributed by atoms with Gasteiger partial charge in [0.2, 0.25) is 21.8 Å². The summed E-state index contributed by atoms with van der Waals surface area (Å²) >= 11 is 25.1. The molecule has 7 nitrogen and oxygen atoms in total. The van der Waals surface area contributed by atoms with Crippen molar-refractivity contribution in [2.24, 2.45) is 5.92 Å². The largest absolute Gasteiger partial charge is 0.354 e. The summed E-state index contributed by atoms with van der Waals surface area (Å²) in [6.07, 6.45) is 1.15. The summed E-state index contributed by atoms with van der Waals surface area (Å²) in [5, 5.41) is 3.89. The molecule has 0 saturated carbocycles. The molecule has 0 aliphatic rings. The van der Waals surface area contributed by atoms with E-state index in [4.69, 9.17) is 46.4 Å². The number of hydrogen-bond donors (Lipinski definition) is 1. The zero-order chi connectivity index (χ0) is 30.3. The van der Waals surface area contributed by atoms with Gasteiger partial charge < -0.3 is 10.2 Å². The van der Waals surface area contributed by atoms with Crippen LogP contribution in [-0.4, -0.2) is 50.5 Å². The van der Waals surface area contributed by atoms with Gasteiger partial charge in [-0.15, -0.1) is 0 Å². The summed E-state index contributed by atoms with van der Waals surface area (Å²) in [4.78, 5) is 29.1. The van der Waals surface area contributed by atoms with Gasteiger partial charge in [0.05, 0.1) is 22.0 Å². The lowest BCUT2D eigenvalue weighted by atomic mass is 10.0. The summed E-state index contributed by atoms with van der Waals surface area (Å²) in [6.45, 7) is 3.56.